The minimum atomic E-state index is -0.651. The van der Waals surface area contributed by atoms with Crippen molar-refractivity contribution in [1.82, 2.24) is 19.8 Å². The van der Waals surface area contributed by atoms with E-state index < -0.39 is 5.41 Å². The van der Waals surface area contributed by atoms with E-state index in [2.05, 4.69) is 27.4 Å². The number of rotatable bonds is 10. The minimum Gasteiger partial charge on any atom is -0.465 e. The minimum absolute atomic E-state index is 0.116. The first-order valence-electron chi connectivity index (χ1n) is 11.3. The van der Waals surface area contributed by atoms with Gasteiger partial charge in [0.1, 0.15) is 5.02 Å². The lowest BCUT2D eigenvalue weighted by molar-refractivity contribution is -0.148. The maximum absolute atomic E-state index is 13.0. The Labute approximate surface area is 199 Å². The molecule has 1 aromatic carbocycles. The highest BCUT2D eigenvalue weighted by Gasteiger charge is 2.29. The molecule has 0 saturated heterocycles. The molecule has 3 aromatic rings. The van der Waals surface area contributed by atoms with Crippen molar-refractivity contribution in [2.75, 3.05) is 11.9 Å². The molecule has 2 heterocycles. The molecule has 1 amide bonds. The number of unbranched alkanes of at least 4 members (excludes halogenated alkanes) is 1. The third-order valence-electron chi connectivity index (χ3n) is 5.75. The number of H-pyrrole nitrogens is 1. The summed E-state index contributed by atoms with van der Waals surface area (Å²) in [5, 5.41) is 11.0. The lowest BCUT2D eigenvalue weighted by atomic mass is 9.84. The van der Waals surface area contributed by atoms with E-state index in [1.807, 2.05) is 52.0 Å². The van der Waals surface area contributed by atoms with Gasteiger partial charge in [0.25, 0.3) is 0 Å². The predicted molar refractivity (Wildman–Crippen MR) is 129 cm³/mol. The number of nitrogens with zero attached hydrogens (tertiary/aromatic N) is 3. The largest absolute Gasteiger partial charge is 0.465 e. The second-order valence-corrected chi connectivity index (χ2v) is 9.48. The molecule has 0 aliphatic rings. The molecular weight excluding hydrogens is 442 g/mol. The highest BCUT2D eigenvalue weighted by molar-refractivity contribution is 6.34. The number of carbonyl (C=O) groups is 2. The molecule has 2 N–H and O–H groups in total. The molecule has 0 spiro atoms. The average molecular weight is 474 g/mol. The number of hydrogen-bond donors (Lipinski definition) is 2. The number of nitrogens with one attached hydrogen (secondary N) is 2. The van der Waals surface area contributed by atoms with Crippen LogP contribution in [0, 0.1) is 18.3 Å². The van der Waals surface area contributed by atoms with Crippen LogP contribution in [0.1, 0.15) is 59.1 Å². The fourth-order valence-electron chi connectivity index (χ4n) is 3.33. The molecule has 0 saturated carbocycles. The molecule has 9 heteroatoms. The number of aryl methyl sites for hydroxylation is 1. The highest BCUT2D eigenvalue weighted by Crippen LogP contribution is 2.29. The Morgan fingerprint density at radius 3 is 2.79 bits per heavy atom. The molecule has 8 nitrogen and oxygen atoms in total. The quantitative estimate of drug-likeness (QED) is 0.303. The van der Waals surface area contributed by atoms with Crippen molar-refractivity contribution in [2.45, 2.75) is 60.3 Å². The van der Waals surface area contributed by atoms with Gasteiger partial charge < -0.3 is 10.1 Å². The smallest absolute Gasteiger partial charge is 0.308 e. The van der Waals surface area contributed by atoms with Crippen molar-refractivity contribution in [2.24, 2.45) is 11.3 Å². The number of carbonyl (C=O) groups excluding carboxylic acids is 2. The predicted octanol–water partition coefficient (Wildman–Crippen LogP) is 5.41. The van der Waals surface area contributed by atoms with Crippen LogP contribution in [-0.2, 0) is 14.3 Å². The van der Waals surface area contributed by atoms with Crippen LogP contribution in [0.4, 0.5) is 5.69 Å². The van der Waals surface area contributed by atoms with E-state index in [1.165, 1.54) is 4.63 Å². The van der Waals surface area contributed by atoms with Crippen LogP contribution < -0.4 is 5.32 Å². The molecule has 0 aliphatic carbocycles. The zero-order valence-electron chi connectivity index (χ0n) is 19.9. The van der Waals surface area contributed by atoms with E-state index in [0.717, 1.165) is 24.1 Å². The number of aromatic nitrogens is 4. The van der Waals surface area contributed by atoms with Crippen molar-refractivity contribution < 1.29 is 14.3 Å². The van der Waals surface area contributed by atoms with E-state index in [1.54, 1.807) is 0 Å². The topological polar surface area (TPSA) is 101 Å². The standard InChI is InChI=1S/C24H32ClN5O3/c1-6-7-13-33-22(31)15(2)11-12-24(4,5)23(32)26-18-10-8-9-17(14-18)20-27-21-19(25)16(3)28-30(21)29-20/h8-10,14-15,28H,6-7,11-13H2,1-5H3,(H,26,32). The number of benzene rings is 1. The van der Waals surface area contributed by atoms with E-state index >= 15 is 0 Å². The first-order chi connectivity index (χ1) is 15.6. The number of anilines is 1. The Balaban J connectivity index is 1.62. The van der Waals surface area contributed by atoms with Crippen LogP contribution in [0.3, 0.4) is 0 Å². The second-order valence-electron chi connectivity index (χ2n) is 9.10. The van der Waals surface area contributed by atoms with E-state index in [-0.39, 0.29) is 17.8 Å². The summed E-state index contributed by atoms with van der Waals surface area (Å²) in [6.07, 6.45) is 2.99. The van der Waals surface area contributed by atoms with Gasteiger partial charge in [-0.15, -0.1) is 5.10 Å². The number of amides is 1. The van der Waals surface area contributed by atoms with Crippen LogP contribution in [-0.4, -0.2) is 38.3 Å². The Kier molecular flexibility index (Phi) is 7.79. The summed E-state index contributed by atoms with van der Waals surface area (Å²) in [7, 11) is 0. The molecule has 1 atom stereocenters. The van der Waals surface area contributed by atoms with Gasteiger partial charge in [-0.1, -0.05) is 57.8 Å². The molecule has 1 unspecified atom stereocenters. The normalized spacial score (nSPS) is 12.7. The SMILES string of the molecule is CCCCOC(=O)C(C)CCC(C)(C)C(=O)Nc1cccc(-c2nc3c(Cl)c(C)[nH]n3n2)c1. The Bertz CT molecular complexity index is 1130. The second kappa shape index (κ2) is 10.4. The summed E-state index contributed by atoms with van der Waals surface area (Å²) in [6, 6.07) is 7.37. The number of halogens is 1. The van der Waals surface area contributed by atoms with Crippen molar-refractivity contribution in [3.05, 3.63) is 35.0 Å². The van der Waals surface area contributed by atoms with Gasteiger partial charge in [0, 0.05) is 16.7 Å². The van der Waals surface area contributed by atoms with Gasteiger partial charge in [0.2, 0.25) is 5.91 Å². The monoisotopic (exact) mass is 473 g/mol. The molecule has 3 rings (SSSR count). The zero-order chi connectivity index (χ0) is 24.2. The fourth-order valence-corrected chi connectivity index (χ4v) is 3.50. The van der Waals surface area contributed by atoms with Crippen molar-refractivity contribution in [3.8, 4) is 11.4 Å². The van der Waals surface area contributed by atoms with Gasteiger partial charge in [0.15, 0.2) is 11.5 Å². The zero-order valence-corrected chi connectivity index (χ0v) is 20.6. The van der Waals surface area contributed by atoms with E-state index in [0.29, 0.717) is 41.6 Å². The van der Waals surface area contributed by atoms with E-state index in [4.69, 9.17) is 16.3 Å². The van der Waals surface area contributed by atoms with Gasteiger partial charge in [-0.2, -0.15) is 4.63 Å². The van der Waals surface area contributed by atoms with Crippen molar-refractivity contribution >= 4 is 34.8 Å². The van der Waals surface area contributed by atoms with Crippen LogP contribution in [0.2, 0.25) is 5.02 Å². The summed E-state index contributed by atoms with van der Waals surface area (Å²) in [5.74, 6) is -0.0561. The Morgan fingerprint density at radius 2 is 2.09 bits per heavy atom. The number of fused-ring (bicyclic) bond motifs is 1. The van der Waals surface area contributed by atoms with Gasteiger partial charge in [-0.05, 0) is 38.3 Å². The van der Waals surface area contributed by atoms with E-state index in [9.17, 15) is 9.59 Å². The average Bonchev–Trinajstić information content (AvgIpc) is 3.31. The first-order valence-corrected chi connectivity index (χ1v) is 11.7. The maximum atomic E-state index is 13.0. The number of esters is 1. The number of aromatic amines is 1. The van der Waals surface area contributed by atoms with Gasteiger partial charge in [-0.25, -0.2) is 4.98 Å². The summed E-state index contributed by atoms with van der Waals surface area (Å²) in [6.45, 7) is 9.96. The number of hydrogen-bond acceptors (Lipinski definition) is 5. The first kappa shape index (κ1) is 24.8. The molecular formula is C24H32ClN5O3. The third-order valence-corrected chi connectivity index (χ3v) is 6.20. The third kappa shape index (κ3) is 5.93. The molecule has 2 aromatic heterocycles. The van der Waals surface area contributed by atoms with Crippen molar-refractivity contribution in [1.29, 1.82) is 0 Å². The molecule has 0 radical (unpaired) electrons. The maximum Gasteiger partial charge on any atom is 0.308 e. The molecule has 178 valence electrons. The molecule has 0 aliphatic heterocycles. The molecule has 0 bridgehead atoms. The van der Waals surface area contributed by atoms with Crippen LogP contribution in [0.25, 0.3) is 17.0 Å². The van der Waals surface area contributed by atoms with Crippen molar-refractivity contribution in [3.63, 3.8) is 0 Å². The van der Waals surface area contributed by atoms with Crippen LogP contribution in [0.5, 0.6) is 0 Å². The highest BCUT2D eigenvalue weighted by atomic mass is 35.5. The lowest BCUT2D eigenvalue weighted by Gasteiger charge is -2.25. The summed E-state index contributed by atoms with van der Waals surface area (Å²) in [5.41, 5.74) is 2.12. The van der Waals surface area contributed by atoms with Gasteiger partial charge in [0.05, 0.1) is 18.2 Å². The van der Waals surface area contributed by atoms with Crippen LogP contribution in [0.15, 0.2) is 24.3 Å². The van der Waals surface area contributed by atoms with Crippen LogP contribution >= 0.6 is 11.6 Å². The summed E-state index contributed by atoms with van der Waals surface area (Å²) < 4.78 is 6.82. The fraction of sp³-hybridized carbons (Fsp3) is 0.500. The Hall–Kier alpha value is -2.87. The lowest BCUT2D eigenvalue weighted by Crippen LogP contribution is -2.31. The Morgan fingerprint density at radius 1 is 1.33 bits per heavy atom. The molecule has 0 fully saturated rings. The van der Waals surface area contributed by atoms with Gasteiger partial charge in [-0.3, -0.25) is 14.7 Å². The van der Waals surface area contributed by atoms with Gasteiger partial charge >= 0.3 is 5.97 Å². The molecule has 33 heavy (non-hydrogen) atoms. The number of ether oxygens (including phenoxy) is 1. The summed E-state index contributed by atoms with van der Waals surface area (Å²) in [4.78, 5) is 29.6. The summed E-state index contributed by atoms with van der Waals surface area (Å²) >= 11 is 6.26.